The number of hydrogen-bond donors (Lipinski definition) is 1. The Hall–Kier alpha value is -2.37. The number of sulfonamides is 1. The van der Waals surface area contributed by atoms with Gasteiger partial charge in [0, 0.05) is 18.7 Å². The smallest absolute Gasteiger partial charge is 0.267 e. The average molecular weight is 496 g/mol. The summed E-state index contributed by atoms with van der Waals surface area (Å²) in [4.78, 5) is 17.7. The monoisotopic (exact) mass is 495 g/mol. The molecule has 3 aromatic rings. The van der Waals surface area contributed by atoms with Crippen LogP contribution in [0.1, 0.15) is 15.4 Å². The van der Waals surface area contributed by atoms with E-state index in [-0.39, 0.29) is 34.5 Å². The molecule has 2 aromatic carbocycles. The number of nitrogens with one attached hydrogen (secondary N) is 1. The average Bonchev–Trinajstić information content (AvgIpc) is 3.18. The molecule has 0 saturated carbocycles. The van der Waals surface area contributed by atoms with Gasteiger partial charge in [-0.15, -0.1) is 11.3 Å². The molecule has 32 heavy (non-hydrogen) atoms. The fourth-order valence-corrected chi connectivity index (χ4v) is 5.77. The maximum atomic E-state index is 13.2. The molecule has 168 valence electrons. The Bertz CT molecular complexity index is 1260. The predicted octanol–water partition coefficient (Wildman–Crippen LogP) is 4.18. The van der Waals surface area contributed by atoms with Crippen molar-refractivity contribution in [2.45, 2.75) is 11.8 Å². The van der Waals surface area contributed by atoms with Gasteiger partial charge in [0.15, 0.2) is 0 Å². The second kappa shape index (κ2) is 9.24. The molecular formula is C21H19ClFN3O4S2. The lowest BCUT2D eigenvalue weighted by atomic mass is 10.2. The van der Waals surface area contributed by atoms with Crippen molar-refractivity contribution in [2.24, 2.45) is 0 Å². The van der Waals surface area contributed by atoms with Crippen molar-refractivity contribution < 1.29 is 22.3 Å². The van der Waals surface area contributed by atoms with E-state index < -0.39 is 15.9 Å². The Kier molecular flexibility index (Phi) is 6.59. The molecule has 2 heterocycles. The van der Waals surface area contributed by atoms with Crippen LogP contribution in [0.3, 0.4) is 0 Å². The van der Waals surface area contributed by atoms with Gasteiger partial charge in [0.2, 0.25) is 10.0 Å². The zero-order chi connectivity index (χ0) is 22.9. The number of hydrogen-bond acceptors (Lipinski definition) is 6. The van der Waals surface area contributed by atoms with E-state index in [2.05, 4.69) is 10.3 Å². The molecule has 7 nitrogen and oxygen atoms in total. The summed E-state index contributed by atoms with van der Waals surface area (Å²) in [5.41, 5.74) is 1.37. The lowest BCUT2D eigenvalue weighted by Crippen LogP contribution is -2.40. The van der Waals surface area contributed by atoms with Gasteiger partial charge in [-0.3, -0.25) is 4.79 Å². The van der Waals surface area contributed by atoms with E-state index in [0.717, 1.165) is 11.3 Å². The lowest BCUT2D eigenvalue weighted by Gasteiger charge is -2.26. The van der Waals surface area contributed by atoms with Crippen molar-refractivity contribution in [3.8, 4) is 10.6 Å². The molecule has 1 saturated heterocycles. The first kappa shape index (κ1) is 22.8. The number of anilines is 1. The van der Waals surface area contributed by atoms with E-state index in [1.807, 2.05) is 0 Å². The normalized spacial score (nSPS) is 15.0. The molecule has 1 amide bonds. The van der Waals surface area contributed by atoms with Gasteiger partial charge in [0.05, 0.1) is 34.5 Å². The summed E-state index contributed by atoms with van der Waals surface area (Å²) in [6, 6.07) is 10.0. The third kappa shape index (κ3) is 4.69. The van der Waals surface area contributed by atoms with Crippen LogP contribution in [0, 0.1) is 12.7 Å². The molecule has 0 unspecified atom stereocenters. The number of thiazole rings is 1. The zero-order valence-electron chi connectivity index (χ0n) is 17.0. The fraction of sp³-hybridized carbons (Fsp3) is 0.238. The summed E-state index contributed by atoms with van der Waals surface area (Å²) in [5, 5.41) is 3.47. The van der Waals surface area contributed by atoms with Gasteiger partial charge < -0.3 is 10.1 Å². The third-order valence-corrected chi connectivity index (χ3v) is 8.32. The Morgan fingerprint density at radius 2 is 1.88 bits per heavy atom. The highest BCUT2D eigenvalue weighted by atomic mass is 35.5. The van der Waals surface area contributed by atoms with Crippen LogP contribution in [0.2, 0.25) is 5.02 Å². The summed E-state index contributed by atoms with van der Waals surface area (Å²) < 4.78 is 45.6. The number of benzene rings is 2. The maximum Gasteiger partial charge on any atom is 0.267 e. The Balaban J connectivity index is 1.58. The van der Waals surface area contributed by atoms with Gasteiger partial charge in [0.1, 0.15) is 15.7 Å². The topological polar surface area (TPSA) is 88.6 Å². The van der Waals surface area contributed by atoms with Crippen LogP contribution in [0.4, 0.5) is 10.1 Å². The summed E-state index contributed by atoms with van der Waals surface area (Å²) in [7, 11) is -3.74. The number of amides is 1. The van der Waals surface area contributed by atoms with E-state index in [1.165, 1.54) is 34.6 Å². The van der Waals surface area contributed by atoms with E-state index in [1.54, 1.807) is 19.1 Å². The number of morpholine rings is 1. The van der Waals surface area contributed by atoms with Gasteiger partial charge >= 0.3 is 0 Å². The Labute approximate surface area is 193 Å². The number of rotatable bonds is 5. The largest absolute Gasteiger partial charge is 0.379 e. The van der Waals surface area contributed by atoms with Gasteiger partial charge in [-0.2, -0.15) is 4.31 Å². The molecule has 0 atom stereocenters. The van der Waals surface area contributed by atoms with Crippen molar-refractivity contribution in [1.82, 2.24) is 9.29 Å². The predicted molar refractivity (Wildman–Crippen MR) is 121 cm³/mol. The minimum atomic E-state index is -3.74. The number of ether oxygens (including phenoxy) is 1. The summed E-state index contributed by atoms with van der Waals surface area (Å²) >= 11 is 7.38. The van der Waals surface area contributed by atoms with E-state index in [9.17, 15) is 17.6 Å². The van der Waals surface area contributed by atoms with E-state index in [0.29, 0.717) is 34.4 Å². The van der Waals surface area contributed by atoms with Crippen LogP contribution in [-0.4, -0.2) is 49.9 Å². The highest BCUT2D eigenvalue weighted by Gasteiger charge is 2.27. The lowest BCUT2D eigenvalue weighted by molar-refractivity contribution is 0.0730. The maximum absolute atomic E-state index is 13.2. The molecule has 1 aliphatic heterocycles. The number of aromatic nitrogens is 1. The highest BCUT2D eigenvalue weighted by molar-refractivity contribution is 7.89. The van der Waals surface area contributed by atoms with Gasteiger partial charge in [0.25, 0.3) is 5.91 Å². The number of halogens is 2. The fourth-order valence-electron chi connectivity index (χ4n) is 3.20. The molecule has 0 radical (unpaired) electrons. The summed E-state index contributed by atoms with van der Waals surface area (Å²) in [6.45, 7) is 2.88. The molecule has 11 heteroatoms. The van der Waals surface area contributed by atoms with Crippen LogP contribution >= 0.6 is 22.9 Å². The standard InChI is InChI=1S/C21H19ClFN3O4S2/c1-13-19(31-21(24-13)14-2-4-15(23)5-3-14)20(27)25-18-12-16(6-7-17(18)22)32(28,29)26-8-10-30-11-9-26/h2-7,12H,8-11H2,1H3,(H,25,27). The van der Waals surface area contributed by atoms with E-state index >= 15 is 0 Å². The van der Waals surface area contributed by atoms with Crippen molar-refractivity contribution in [2.75, 3.05) is 31.6 Å². The molecular weight excluding hydrogens is 477 g/mol. The second-order valence-electron chi connectivity index (χ2n) is 7.05. The van der Waals surface area contributed by atoms with Crippen molar-refractivity contribution in [3.05, 3.63) is 63.9 Å². The quantitative estimate of drug-likeness (QED) is 0.573. The van der Waals surface area contributed by atoms with Gasteiger partial charge in [-0.1, -0.05) is 11.6 Å². The Morgan fingerprint density at radius 1 is 1.19 bits per heavy atom. The van der Waals surface area contributed by atoms with Crippen LogP contribution < -0.4 is 5.32 Å². The van der Waals surface area contributed by atoms with Gasteiger partial charge in [-0.05, 0) is 49.4 Å². The van der Waals surface area contributed by atoms with Crippen molar-refractivity contribution >= 4 is 44.6 Å². The Morgan fingerprint density at radius 3 is 2.56 bits per heavy atom. The van der Waals surface area contributed by atoms with E-state index in [4.69, 9.17) is 16.3 Å². The minimum Gasteiger partial charge on any atom is -0.379 e. The minimum absolute atomic E-state index is 0.0344. The van der Waals surface area contributed by atoms with Gasteiger partial charge in [-0.25, -0.2) is 17.8 Å². The number of aryl methyl sites for hydroxylation is 1. The molecule has 1 aliphatic rings. The van der Waals surface area contributed by atoms with Crippen LogP contribution in [-0.2, 0) is 14.8 Å². The molecule has 1 fully saturated rings. The summed E-state index contributed by atoms with van der Waals surface area (Å²) in [6.07, 6.45) is 0. The van der Waals surface area contributed by atoms with Crippen molar-refractivity contribution in [3.63, 3.8) is 0 Å². The molecule has 0 aliphatic carbocycles. The first-order chi connectivity index (χ1) is 15.3. The number of carbonyl (C=O) groups is 1. The molecule has 1 N–H and O–H groups in total. The molecule has 0 spiro atoms. The van der Waals surface area contributed by atoms with Crippen LogP contribution in [0.15, 0.2) is 47.4 Å². The third-order valence-electron chi connectivity index (χ3n) is 4.89. The highest BCUT2D eigenvalue weighted by Crippen LogP contribution is 2.31. The first-order valence-electron chi connectivity index (χ1n) is 9.68. The summed E-state index contributed by atoms with van der Waals surface area (Å²) in [5.74, 6) is -0.822. The van der Waals surface area contributed by atoms with Crippen LogP contribution in [0.25, 0.3) is 10.6 Å². The zero-order valence-corrected chi connectivity index (χ0v) is 19.4. The van der Waals surface area contributed by atoms with Crippen LogP contribution in [0.5, 0.6) is 0 Å². The molecule has 0 bridgehead atoms. The molecule has 1 aromatic heterocycles. The van der Waals surface area contributed by atoms with Crippen molar-refractivity contribution in [1.29, 1.82) is 0 Å². The number of carbonyl (C=O) groups excluding carboxylic acids is 1. The molecule has 4 rings (SSSR count). The number of nitrogens with zero attached hydrogens (tertiary/aromatic N) is 2. The second-order valence-corrected chi connectivity index (χ2v) is 10.4. The first-order valence-corrected chi connectivity index (χ1v) is 12.3. The SMILES string of the molecule is Cc1nc(-c2ccc(F)cc2)sc1C(=O)Nc1cc(S(=O)(=O)N2CCOCC2)ccc1Cl.